The van der Waals surface area contributed by atoms with E-state index in [1.807, 2.05) is 36.7 Å². The molecule has 0 saturated carbocycles. The van der Waals surface area contributed by atoms with Crippen LogP contribution in [0.3, 0.4) is 0 Å². The highest BCUT2D eigenvalue weighted by Crippen LogP contribution is 2.27. The Morgan fingerprint density at radius 1 is 1.10 bits per heavy atom. The van der Waals surface area contributed by atoms with E-state index in [1.54, 1.807) is 11.3 Å². The molecule has 0 unspecified atom stereocenters. The smallest absolute Gasteiger partial charge is 0.228 e. The SMILES string of the molecule is CCc1ccc([C@H](NC(=O)Cc2csc(NC(=O)C(C)C)n2)c2cccs2)cc1. The maximum Gasteiger partial charge on any atom is 0.228 e. The third-order valence-electron chi connectivity index (χ3n) is 4.50. The molecule has 0 fully saturated rings. The van der Waals surface area contributed by atoms with Crippen LogP contribution in [0.2, 0.25) is 0 Å². The van der Waals surface area contributed by atoms with Gasteiger partial charge in [0, 0.05) is 16.2 Å². The van der Waals surface area contributed by atoms with Gasteiger partial charge in [0.25, 0.3) is 0 Å². The van der Waals surface area contributed by atoms with Crippen molar-refractivity contribution in [3.63, 3.8) is 0 Å². The maximum absolute atomic E-state index is 12.7. The van der Waals surface area contributed by atoms with Crippen LogP contribution in [0.5, 0.6) is 0 Å². The van der Waals surface area contributed by atoms with Gasteiger partial charge < -0.3 is 10.6 Å². The third-order valence-corrected chi connectivity index (χ3v) is 6.25. The van der Waals surface area contributed by atoms with Gasteiger partial charge in [0.1, 0.15) is 0 Å². The van der Waals surface area contributed by atoms with Crippen LogP contribution in [-0.4, -0.2) is 16.8 Å². The van der Waals surface area contributed by atoms with E-state index in [2.05, 4.69) is 46.8 Å². The van der Waals surface area contributed by atoms with Gasteiger partial charge in [-0.2, -0.15) is 0 Å². The van der Waals surface area contributed by atoms with Crippen molar-refractivity contribution in [3.8, 4) is 0 Å². The first-order chi connectivity index (χ1) is 14.0. The van der Waals surface area contributed by atoms with Crippen molar-refractivity contribution in [2.45, 2.75) is 39.7 Å². The Kier molecular flexibility index (Phi) is 7.17. The molecule has 5 nitrogen and oxygen atoms in total. The largest absolute Gasteiger partial charge is 0.344 e. The third kappa shape index (κ3) is 5.74. The first kappa shape index (κ1) is 21.2. The van der Waals surface area contributed by atoms with Crippen molar-refractivity contribution in [1.82, 2.24) is 10.3 Å². The topological polar surface area (TPSA) is 71.1 Å². The molecular weight excluding hydrogens is 402 g/mol. The lowest BCUT2D eigenvalue weighted by molar-refractivity contribution is -0.121. The van der Waals surface area contributed by atoms with Gasteiger partial charge in [0.05, 0.1) is 18.2 Å². The Bertz CT molecular complexity index is 947. The Balaban J connectivity index is 1.69. The summed E-state index contributed by atoms with van der Waals surface area (Å²) in [6.07, 6.45) is 1.15. The van der Waals surface area contributed by atoms with Gasteiger partial charge in [-0.05, 0) is 29.0 Å². The molecule has 0 bridgehead atoms. The van der Waals surface area contributed by atoms with E-state index in [0.29, 0.717) is 10.8 Å². The normalized spacial score (nSPS) is 12.0. The Labute approximate surface area is 179 Å². The number of aryl methyl sites for hydroxylation is 1. The zero-order valence-electron chi connectivity index (χ0n) is 16.8. The van der Waals surface area contributed by atoms with E-state index in [1.165, 1.54) is 16.9 Å². The van der Waals surface area contributed by atoms with Gasteiger partial charge >= 0.3 is 0 Å². The molecule has 3 rings (SSSR count). The summed E-state index contributed by atoms with van der Waals surface area (Å²) >= 11 is 2.96. The summed E-state index contributed by atoms with van der Waals surface area (Å²) in [4.78, 5) is 30.0. The molecule has 3 aromatic rings. The van der Waals surface area contributed by atoms with Crippen molar-refractivity contribution in [2.24, 2.45) is 5.92 Å². The molecule has 0 saturated heterocycles. The molecule has 2 heterocycles. The highest BCUT2D eigenvalue weighted by Gasteiger charge is 2.19. The summed E-state index contributed by atoms with van der Waals surface area (Å²) in [6, 6.07) is 12.2. The Morgan fingerprint density at radius 2 is 1.86 bits per heavy atom. The number of nitrogens with zero attached hydrogens (tertiary/aromatic N) is 1. The maximum atomic E-state index is 12.7. The average Bonchev–Trinajstić information content (AvgIpc) is 3.38. The number of benzene rings is 1. The molecule has 0 spiro atoms. The second-order valence-corrected chi connectivity index (χ2v) is 8.91. The molecule has 1 aromatic carbocycles. The summed E-state index contributed by atoms with van der Waals surface area (Å²) in [5.41, 5.74) is 2.97. The van der Waals surface area contributed by atoms with Crippen LogP contribution in [0.15, 0.2) is 47.2 Å². The Morgan fingerprint density at radius 3 is 2.48 bits per heavy atom. The lowest BCUT2D eigenvalue weighted by atomic mass is 10.0. The molecule has 152 valence electrons. The summed E-state index contributed by atoms with van der Waals surface area (Å²) in [5, 5.41) is 10.3. The van der Waals surface area contributed by atoms with Crippen LogP contribution < -0.4 is 10.6 Å². The van der Waals surface area contributed by atoms with Gasteiger partial charge in [-0.15, -0.1) is 22.7 Å². The minimum absolute atomic E-state index is 0.0800. The standard InChI is InChI=1S/C22H25N3O2S2/c1-4-15-7-9-16(10-8-15)20(18-6-5-11-28-18)24-19(26)12-17-13-29-22(23-17)25-21(27)14(2)3/h5-11,13-14,20H,4,12H2,1-3H3,(H,24,26)(H,23,25,27)/t20-/m0/s1. The molecule has 0 radical (unpaired) electrons. The van der Waals surface area contributed by atoms with E-state index in [-0.39, 0.29) is 30.2 Å². The number of aromatic nitrogens is 1. The number of anilines is 1. The van der Waals surface area contributed by atoms with E-state index in [4.69, 9.17) is 0 Å². The van der Waals surface area contributed by atoms with Crippen molar-refractivity contribution in [2.75, 3.05) is 5.32 Å². The number of hydrogen-bond acceptors (Lipinski definition) is 5. The summed E-state index contributed by atoms with van der Waals surface area (Å²) < 4.78 is 0. The number of rotatable bonds is 8. The lowest BCUT2D eigenvalue weighted by Gasteiger charge is -2.18. The predicted molar refractivity (Wildman–Crippen MR) is 119 cm³/mol. The summed E-state index contributed by atoms with van der Waals surface area (Å²) in [5.74, 6) is -0.296. The van der Waals surface area contributed by atoms with E-state index in [9.17, 15) is 9.59 Å². The van der Waals surface area contributed by atoms with E-state index < -0.39 is 0 Å². The lowest BCUT2D eigenvalue weighted by Crippen LogP contribution is -2.30. The van der Waals surface area contributed by atoms with Crippen LogP contribution >= 0.6 is 22.7 Å². The minimum atomic E-state index is -0.188. The van der Waals surface area contributed by atoms with Gasteiger partial charge in [-0.25, -0.2) is 4.98 Å². The van der Waals surface area contributed by atoms with Crippen LogP contribution in [0.4, 0.5) is 5.13 Å². The van der Waals surface area contributed by atoms with Crippen molar-refractivity contribution >= 4 is 39.6 Å². The van der Waals surface area contributed by atoms with Crippen LogP contribution in [0, 0.1) is 5.92 Å². The van der Waals surface area contributed by atoms with E-state index in [0.717, 1.165) is 16.9 Å². The minimum Gasteiger partial charge on any atom is -0.344 e. The molecule has 2 amide bonds. The average molecular weight is 428 g/mol. The number of thiazole rings is 1. The quantitative estimate of drug-likeness (QED) is 0.542. The number of amides is 2. The number of carbonyl (C=O) groups is 2. The second kappa shape index (κ2) is 9.80. The molecule has 2 N–H and O–H groups in total. The van der Waals surface area contributed by atoms with Crippen molar-refractivity contribution < 1.29 is 9.59 Å². The zero-order valence-corrected chi connectivity index (χ0v) is 18.4. The van der Waals surface area contributed by atoms with Crippen molar-refractivity contribution in [3.05, 3.63) is 68.9 Å². The Hall–Kier alpha value is -2.51. The first-order valence-electron chi connectivity index (χ1n) is 9.63. The van der Waals surface area contributed by atoms with Gasteiger partial charge in [0.2, 0.25) is 11.8 Å². The van der Waals surface area contributed by atoms with Crippen LogP contribution in [0.25, 0.3) is 0 Å². The number of nitrogens with one attached hydrogen (secondary N) is 2. The second-order valence-electron chi connectivity index (χ2n) is 7.08. The number of hydrogen-bond donors (Lipinski definition) is 2. The highest BCUT2D eigenvalue weighted by atomic mass is 32.1. The molecule has 2 aromatic heterocycles. The molecular formula is C22H25N3O2S2. The fourth-order valence-electron chi connectivity index (χ4n) is 2.79. The molecule has 0 aliphatic rings. The highest BCUT2D eigenvalue weighted by molar-refractivity contribution is 7.14. The summed E-state index contributed by atoms with van der Waals surface area (Å²) in [7, 11) is 0. The molecule has 1 atom stereocenters. The van der Waals surface area contributed by atoms with Crippen LogP contribution in [0.1, 0.15) is 48.5 Å². The molecule has 7 heteroatoms. The predicted octanol–water partition coefficient (Wildman–Crippen LogP) is 4.81. The number of carbonyl (C=O) groups excluding carboxylic acids is 2. The summed E-state index contributed by atoms with van der Waals surface area (Å²) in [6.45, 7) is 5.78. The van der Waals surface area contributed by atoms with Gasteiger partial charge in [-0.3, -0.25) is 9.59 Å². The monoisotopic (exact) mass is 427 g/mol. The van der Waals surface area contributed by atoms with Gasteiger partial charge in [0.15, 0.2) is 5.13 Å². The van der Waals surface area contributed by atoms with Gasteiger partial charge in [-0.1, -0.05) is 51.1 Å². The fourth-order valence-corrected chi connectivity index (χ4v) is 4.31. The first-order valence-corrected chi connectivity index (χ1v) is 11.4. The van der Waals surface area contributed by atoms with Crippen LogP contribution in [-0.2, 0) is 22.4 Å². The van der Waals surface area contributed by atoms with E-state index >= 15 is 0 Å². The van der Waals surface area contributed by atoms with Crippen molar-refractivity contribution in [1.29, 1.82) is 0 Å². The fraction of sp³-hybridized carbons (Fsp3) is 0.318. The molecule has 29 heavy (non-hydrogen) atoms. The molecule has 0 aliphatic heterocycles. The molecule has 0 aliphatic carbocycles. The zero-order chi connectivity index (χ0) is 20.8. The number of thiophene rings is 1.